The first-order valence-electron chi connectivity index (χ1n) is 4.22. The first-order chi connectivity index (χ1) is 7.29. The summed E-state index contributed by atoms with van der Waals surface area (Å²) in [4.78, 5) is 18.7. The van der Waals surface area contributed by atoms with Gasteiger partial charge < -0.3 is 41.5 Å². The molecule has 9 heteroatoms. The van der Waals surface area contributed by atoms with Crippen LogP contribution in [0, 0.1) is 0 Å². The van der Waals surface area contributed by atoms with Gasteiger partial charge in [0.1, 0.15) is 0 Å². The summed E-state index contributed by atoms with van der Waals surface area (Å²) >= 11 is 0. The number of carboxylic acid groups (broad SMARTS) is 2. The summed E-state index contributed by atoms with van der Waals surface area (Å²) in [6.45, 7) is 2.27. The van der Waals surface area contributed by atoms with Crippen molar-refractivity contribution >= 4 is 11.9 Å². The second-order valence-electron chi connectivity index (χ2n) is 1.99. The average Bonchev–Trinajstić information content (AvgIpc) is 2.24. The van der Waals surface area contributed by atoms with E-state index in [-0.39, 0.29) is 21.1 Å². The predicted octanol–water partition coefficient (Wildman–Crippen LogP) is -4.62. The Morgan fingerprint density at radius 3 is 0.941 bits per heavy atom. The van der Waals surface area contributed by atoms with Crippen LogP contribution in [0.15, 0.2) is 0 Å². The number of hydrogen-bond donors (Lipinski definition) is 4. The largest absolute Gasteiger partial charge is 2.00 e. The number of nitrogens with two attached hydrogens (primary N) is 2. The van der Waals surface area contributed by atoms with Crippen molar-refractivity contribution in [3.63, 3.8) is 0 Å². The molecule has 6 N–H and O–H groups in total. The van der Waals surface area contributed by atoms with E-state index < -0.39 is 24.1 Å². The monoisotopic (exact) mass is 435 g/mol. The summed E-state index contributed by atoms with van der Waals surface area (Å²) in [7, 11) is 3.00. The summed E-state index contributed by atoms with van der Waals surface area (Å²) < 4.78 is 0. The van der Waals surface area contributed by atoms with Crippen LogP contribution in [0.4, 0.5) is 0 Å². The van der Waals surface area contributed by atoms with E-state index in [1.54, 1.807) is 0 Å². The molecule has 2 atom stereocenters. The van der Waals surface area contributed by atoms with Gasteiger partial charge in [-0.05, 0) is 27.9 Å². The van der Waals surface area contributed by atoms with Crippen molar-refractivity contribution in [2.45, 2.75) is 26.1 Å². The van der Waals surface area contributed by atoms with Crippen LogP contribution in [-0.4, -0.2) is 48.5 Å². The Kier molecular flexibility index (Phi) is 43.4. The Bertz CT molecular complexity index is 148. The molecular weight excluding hydrogens is 415 g/mol. The number of rotatable bonds is 2. The van der Waals surface area contributed by atoms with Crippen LogP contribution in [-0.2, 0) is 30.7 Å². The average molecular weight is 435 g/mol. The molecule has 0 aliphatic rings. The van der Waals surface area contributed by atoms with Gasteiger partial charge in [-0.25, -0.2) is 0 Å². The molecule has 0 aromatic carbocycles. The van der Waals surface area contributed by atoms with E-state index in [4.69, 9.17) is 10.2 Å². The molecule has 0 aromatic heterocycles. The van der Waals surface area contributed by atoms with Crippen molar-refractivity contribution in [2.24, 2.45) is 11.5 Å². The molecule has 0 spiro atoms. The van der Waals surface area contributed by atoms with Gasteiger partial charge in [-0.1, -0.05) is 0 Å². The Morgan fingerprint density at radius 2 is 0.941 bits per heavy atom. The van der Waals surface area contributed by atoms with Gasteiger partial charge in [0.15, 0.2) is 0 Å². The third-order valence-electron chi connectivity index (χ3n) is 0.682. The van der Waals surface area contributed by atoms with Crippen LogP contribution >= 0.6 is 0 Å². The zero-order valence-corrected chi connectivity index (χ0v) is 12.4. The molecule has 108 valence electrons. The Balaban J connectivity index is -0.0000000417. The molecule has 0 aliphatic carbocycles. The van der Waals surface area contributed by atoms with E-state index >= 15 is 0 Å². The van der Waals surface area contributed by atoms with Crippen molar-refractivity contribution < 1.29 is 51.1 Å². The summed E-state index contributed by atoms with van der Waals surface area (Å²) in [6, 6.07) is 0. The fourth-order valence-corrected chi connectivity index (χ4v) is 0. The molecule has 0 heterocycles. The van der Waals surface area contributed by atoms with Crippen LogP contribution in [0.3, 0.4) is 0 Å². The van der Waals surface area contributed by atoms with E-state index in [0.717, 1.165) is 13.8 Å². The maximum absolute atomic E-state index is 9.34. The second kappa shape index (κ2) is 24.6. The molecule has 0 aromatic rings. The van der Waals surface area contributed by atoms with Gasteiger partial charge in [-0.3, -0.25) is 0 Å². The number of carbonyl (C=O) groups is 2. The van der Waals surface area contributed by atoms with Crippen molar-refractivity contribution in [1.29, 1.82) is 0 Å². The van der Waals surface area contributed by atoms with Crippen molar-refractivity contribution in [3.8, 4) is 0 Å². The molecule has 2 unspecified atom stereocenters. The van der Waals surface area contributed by atoms with E-state index in [0.29, 0.717) is 0 Å². The minimum atomic E-state index is -1.44. The molecule has 8 nitrogen and oxygen atoms in total. The molecule has 0 bridgehead atoms. The fraction of sp³-hybridized carbons (Fsp3) is 0.750. The van der Waals surface area contributed by atoms with Crippen LogP contribution in [0.1, 0.15) is 13.8 Å². The number of aliphatic hydroxyl groups is 2. The first kappa shape index (κ1) is 30.0. The summed E-state index contributed by atoms with van der Waals surface area (Å²) in [5.74, 6) is -2.87. The second-order valence-corrected chi connectivity index (χ2v) is 1.99. The molecule has 0 saturated heterocycles. The molecule has 17 heavy (non-hydrogen) atoms. The molecule has 0 amide bonds. The normalized spacial score (nSPS) is 10.4. The van der Waals surface area contributed by atoms with Gasteiger partial charge in [0, 0.05) is 0 Å². The Labute approximate surface area is 115 Å². The van der Waals surface area contributed by atoms with E-state index in [9.17, 15) is 19.8 Å². The third-order valence-corrected chi connectivity index (χ3v) is 0.682. The SMILES string of the molecule is CC(O)C(=O)[O-].CC(O)C(=O)[O-].CN.CN.[Pt+2]. The number of carboxylic acids is 2. The number of aliphatic carboxylic acids is 2. The zero-order valence-electron chi connectivity index (χ0n) is 10.2. The van der Waals surface area contributed by atoms with Gasteiger partial charge >= 0.3 is 21.1 Å². The number of carbonyl (C=O) groups excluding carboxylic acids is 2. The maximum Gasteiger partial charge on any atom is 2.00 e. The minimum absolute atomic E-state index is 0. The predicted molar refractivity (Wildman–Crippen MR) is 53.6 cm³/mol. The summed E-state index contributed by atoms with van der Waals surface area (Å²) in [5.41, 5.74) is 9.00. The van der Waals surface area contributed by atoms with E-state index in [1.807, 2.05) is 0 Å². The fourth-order valence-electron chi connectivity index (χ4n) is 0. The quantitative estimate of drug-likeness (QED) is 0.335. The Hall–Kier alpha value is -0.532. The molecule has 0 fully saturated rings. The van der Waals surface area contributed by atoms with Gasteiger partial charge in [0.25, 0.3) is 0 Å². The van der Waals surface area contributed by atoms with Gasteiger partial charge in [0.2, 0.25) is 0 Å². The summed E-state index contributed by atoms with van der Waals surface area (Å²) in [6.07, 6.45) is -2.69. The van der Waals surface area contributed by atoms with Gasteiger partial charge in [0.05, 0.1) is 24.1 Å². The molecule has 0 rings (SSSR count). The van der Waals surface area contributed by atoms with Crippen LogP contribution < -0.4 is 21.7 Å². The topological polar surface area (TPSA) is 173 Å². The third kappa shape index (κ3) is 50.3. The van der Waals surface area contributed by atoms with Crippen molar-refractivity contribution in [1.82, 2.24) is 0 Å². The standard InChI is InChI=1S/2C3H6O3.2CH5N.Pt/c2*1-2(4)3(5)6;2*1-2;/h2*2,4H,1H3,(H,5,6);2*2H2,1H3;/q;;;;+2/p-2. The van der Waals surface area contributed by atoms with E-state index in [2.05, 4.69) is 11.5 Å². The van der Waals surface area contributed by atoms with Gasteiger partial charge in [-0.2, -0.15) is 0 Å². The number of hydrogen-bond acceptors (Lipinski definition) is 8. The Morgan fingerprint density at radius 1 is 0.882 bits per heavy atom. The molecule has 0 saturated carbocycles. The van der Waals surface area contributed by atoms with Crippen LogP contribution in [0.2, 0.25) is 0 Å². The van der Waals surface area contributed by atoms with Crippen molar-refractivity contribution in [2.75, 3.05) is 14.1 Å². The molecular formula is C8H20N2O6Pt. The van der Waals surface area contributed by atoms with Gasteiger partial charge in [-0.15, -0.1) is 0 Å². The van der Waals surface area contributed by atoms with E-state index in [1.165, 1.54) is 14.1 Å². The first-order valence-corrected chi connectivity index (χ1v) is 4.22. The van der Waals surface area contributed by atoms with Crippen LogP contribution in [0.25, 0.3) is 0 Å². The maximum atomic E-state index is 9.34. The van der Waals surface area contributed by atoms with Crippen LogP contribution in [0.5, 0.6) is 0 Å². The molecule has 0 aliphatic heterocycles. The smallest absolute Gasteiger partial charge is 0.547 e. The number of aliphatic hydroxyl groups excluding tert-OH is 2. The molecule has 0 radical (unpaired) electrons. The zero-order chi connectivity index (χ0) is 14.3. The van der Waals surface area contributed by atoms with Crippen molar-refractivity contribution in [3.05, 3.63) is 0 Å². The summed E-state index contributed by atoms with van der Waals surface area (Å²) in [5, 5.41) is 34.6. The minimum Gasteiger partial charge on any atom is -0.547 e.